The van der Waals surface area contributed by atoms with Gasteiger partial charge in [0.1, 0.15) is 6.42 Å². The Balaban J connectivity index is 2.04. The molecule has 0 saturated heterocycles. The Morgan fingerprint density at radius 2 is 1.07 bits per heavy atom. The molecule has 29 heavy (non-hydrogen) atoms. The van der Waals surface area contributed by atoms with Crippen molar-refractivity contribution < 1.29 is 28.7 Å². The van der Waals surface area contributed by atoms with E-state index in [9.17, 15) is 19.2 Å². The lowest BCUT2D eigenvalue weighted by Crippen LogP contribution is -2.23. The molecule has 8 heteroatoms. The summed E-state index contributed by atoms with van der Waals surface area (Å²) in [5.41, 5.74) is 0.873. The predicted molar refractivity (Wildman–Crippen MR) is 107 cm³/mol. The zero-order valence-corrected chi connectivity index (χ0v) is 16.2. The lowest BCUT2D eigenvalue weighted by Gasteiger charge is -2.12. The van der Waals surface area contributed by atoms with Gasteiger partial charge in [-0.3, -0.25) is 9.59 Å². The highest BCUT2D eigenvalue weighted by Gasteiger charge is 2.18. The van der Waals surface area contributed by atoms with E-state index < -0.39 is 30.2 Å². The number of carbonyl (C=O) groups excluding carboxylic acids is 4. The van der Waals surface area contributed by atoms with Crippen LogP contribution in [0.4, 0.5) is 11.4 Å². The highest BCUT2D eigenvalue weighted by molar-refractivity contribution is 6.11. The Kier molecular flexibility index (Phi) is 7.90. The molecule has 0 spiro atoms. The van der Waals surface area contributed by atoms with Crippen LogP contribution in [0.3, 0.4) is 0 Å². The molecule has 0 radical (unpaired) electrons. The van der Waals surface area contributed by atoms with E-state index in [1.165, 1.54) is 24.3 Å². The van der Waals surface area contributed by atoms with Crippen LogP contribution in [-0.4, -0.2) is 37.0 Å². The van der Waals surface area contributed by atoms with Gasteiger partial charge in [0.25, 0.3) is 0 Å². The van der Waals surface area contributed by atoms with Gasteiger partial charge in [-0.1, -0.05) is 24.3 Å². The summed E-state index contributed by atoms with van der Waals surface area (Å²) in [6.07, 6.45) is -0.506. The number of para-hydroxylation sites is 2. The number of amides is 2. The van der Waals surface area contributed by atoms with Crippen molar-refractivity contribution in [2.24, 2.45) is 0 Å². The van der Waals surface area contributed by atoms with E-state index >= 15 is 0 Å². The van der Waals surface area contributed by atoms with Crippen molar-refractivity contribution in [2.75, 3.05) is 23.8 Å². The maximum absolute atomic E-state index is 12.3. The second kappa shape index (κ2) is 10.6. The maximum Gasteiger partial charge on any atom is 0.340 e. The third-order valence-corrected chi connectivity index (χ3v) is 3.71. The van der Waals surface area contributed by atoms with E-state index in [0.717, 1.165) is 0 Å². The van der Waals surface area contributed by atoms with E-state index in [2.05, 4.69) is 10.6 Å². The second-order valence-corrected chi connectivity index (χ2v) is 5.81. The molecule has 0 saturated carbocycles. The number of anilines is 2. The molecule has 8 nitrogen and oxygen atoms in total. The van der Waals surface area contributed by atoms with Gasteiger partial charge in [0, 0.05) is 0 Å². The molecule has 0 bridgehead atoms. The molecule has 0 aliphatic carbocycles. The quantitative estimate of drug-likeness (QED) is 0.522. The summed E-state index contributed by atoms with van der Waals surface area (Å²) in [7, 11) is 0. The van der Waals surface area contributed by atoms with Crippen molar-refractivity contribution in [1.29, 1.82) is 0 Å². The Morgan fingerprint density at radius 1 is 0.690 bits per heavy atom. The number of rotatable bonds is 8. The number of esters is 2. The Labute approximate surface area is 168 Å². The first-order valence-electron chi connectivity index (χ1n) is 9.08. The predicted octanol–water partition coefficient (Wildman–Crippen LogP) is 3.01. The van der Waals surface area contributed by atoms with Gasteiger partial charge < -0.3 is 20.1 Å². The first-order chi connectivity index (χ1) is 14.0. The molecule has 2 aromatic rings. The van der Waals surface area contributed by atoms with Gasteiger partial charge in [-0.2, -0.15) is 0 Å². The number of carbonyl (C=O) groups is 4. The van der Waals surface area contributed by atoms with Gasteiger partial charge >= 0.3 is 11.9 Å². The number of nitrogens with one attached hydrogen (secondary N) is 2. The van der Waals surface area contributed by atoms with Crippen molar-refractivity contribution in [1.82, 2.24) is 0 Å². The molecule has 0 fully saturated rings. The molecule has 2 N–H and O–H groups in total. The summed E-state index contributed by atoms with van der Waals surface area (Å²) in [6, 6.07) is 12.7. The van der Waals surface area contributed by atoms with Crippen molar-refractivity contribution in [3.05, 3.63) is 59.7 Å². The molecule has 0 atom stereocenters. The van der Waals surface area contributed by atoms with Crippen LogP contribution in [0, 0.1) is 0 Å². The Hall–Kier alpha value is -3.68. The van der Waals surface area contributed by atoms with Crippen molar-refractivity contribution >= 4 is 35.1 Å². The second-order valence-electron chi connectivity index (χ2n) is 5.81. The number of hydrogen-bond acceptors (Lipinski definition) is 6. The fourth-order valence-corrected chi connectivity index (χ4v) is 2.49. The molecule has 2 amide bonds. The smallest absolute Gasteiger partial charge is 0.340 e. The number of benzene rings is 2. The molecule has 0 aliphatic rings. The van der Waals surface area contributed by atoms with Crippen LogP contribution in [-0.2, 0) is 19.1 Å². The summed E-state index contributed by atoms with van der Waals surface area (Å²) in [6.45, 7) is 3.75. The van der Waals surface area contributed by atoms with Gasteiger partial charge in [-0.05, 0) is 38.1 Å². The van der Waals surface area contributed by atoms with E-state index in [1.807, 2.05) is 0 Å². The zero-order valence-electron chi connectivity index (χ0n) is 16.2. The number of hydrogen-bond donors (Lipinski definition) is 2. The van der Waals surface area contributed by atoms with Gasteiger partial charge in [-0.25, -0.2) is 9.59 Å². The number of ether oxygens (including phenoxy) is 2. The molecule has 0 aromatic heterocycles. The summed E-state index contributed by atoms with van der Waals surface area (Å²) < 4.78 is 9.90. The minimum Gasteiger partial charge on any atom is -0.462 e. The average molecular weight is 398 g/mol. The monoisotopic (exact) mass is 398 g/mol. The van der Waals surface area contributed by atoms with Crippen LogP contribution >= 0.6 is 0 Å². The van der Waals surface area contributed by atoms with Gasteiger partial charge in [0.2, 0.25) is 11.8 Å². The first kappa shape index (κ1) is 21.6. The molecule has 0 aliphatic heterocycles. The molecule has 0 heterocycles. The van der Waals surface area contributed by atoms with Gasteiger partial charge in [-0.15, -0.1) is 0 Å². The van der Waals surface area contributed by atoms with Gasteiger partial charge in [0.15, 0.2) is 0 Å². The molecule has 152 valence electrons. The van der Waals surface area contributed by atoms with E-state index in [4.69, 9.17) is 9.47 Å². The van der Waals surface area contributed by atoms with Crippen LogP contribution < -0.4 is 10.6 Å². The van der Waals surface area contributed by atoms with E-state index in [0.29, 0.717) is 0 Å². The summed E-state index contributed by atoms with van der Waals surface area (Å²) >= 11 is 0. The standard InChI is InChI=1S/C21H22N2O6/c1-3-28-20(26)14-9-5-7-11-16(14)22-18(24)13-19(25)23-17-12-8-6-10-15(17)21(27)29-4-2/h5-12H,3-4,13H2,1-2H3,(H,22,24)(H,23,25). The van der Waals surface area contributed by atoms with Crippen LogP contribution in [0.25, 0.3) is 0 Å². The Bertz CT molecular complexity index is 836. The third kappa shape index (κ3) is 6.17. The SMILES string of the molecule is CCOC(=O)c1ccccc1NC(=O)CC(=O)Nc1ccccc1C(=O)OCC. The van der Waals surface area contributed by atoms with Crippen LogP contribution in [0.15, 0.2) is 48.5 Å². The fraction of sp³-hybridized carbons (Fsp3) is 0.238. The molecule has 2 aromatic carbocycles. The lowest BCUT2D eigenvalue weighted by molar-refractivity contribution is -0.123. The summed E-state index contributed by atoms with van der Waals surface area (Å²) in [4.78, 5) is 48.4. The maximum atomic E-state index is 12.3. The Morgan fingerprint density at radius 3 is 1.45 bits per heavy atom. The largest absolute Gasteiger partial charge is 0.462 e. The van der Waals surface area contributed by atoms with Crippen LogP contribution in [0.1, 0.15) is 41.0 Å². The lowest BCUT2D eigenvalue weighted by atomic mass is 10.1. The van der Waals surface area contributed by atoms with Crippen LogP contribution in [0.2, 0.25) is 0 Å². The topological polar surface area (TPSA) is 111 Å². The molecule has 2 rings (SSSR count). The zero-order chi connectivity index (χ0) is 21.2. The highest BCUT2D eigenvalue weighted by Crippen LogP contribution is 2.18. The van der Waals surface area contributed by atoms with Crippen molar-refractivity contribution in [3.63, 3.8) is 0 Å². The molecule has 0 unspecified atom stereocenters. The third-order valence-electron chi connectivity index (χ3n) is 3.71. The average Bonchev–Trinajstić information content (AvgIpc) is 2.69. The first-order valence-corrected chi connectivity index (χ1v) is 9.08. The summed E-state index contributed by atoms with van der Waals surface area (Å²) in [5, 5.41) is 5.06. The minimum atomic E-state index is -0.618. The van der Waals surface area contributed by atoms with Gasteiger partial charge in [0.05, 0.1) is 35.7 Å². The fourth-order valence-electron chi connectivity index (χ4n) is 2.49. The van der Waals surface area contributed by atoms with E-state index in [1.54, 1.807) is 38.1 Å². The van der Waals surface area contributed by atoms with E-state index in [-0.39, 0.29) is 35.7 Å². The highest BCUT2D eigenvalue weighted by atomic mass is 16.5. The molecular weight excluding hydrogens is 376 g/mol. The van der Waals surface area contributed by atoms with Crippen LogP contribution in [0.5, 0.6) is 0 Å². The molecular formula is C21H22N2O6. The normalized spacial score (nSPS) is 10.0. The minimum absolute atomic E-state index is 0.191. The van der Waals surface area contributed by atoms with Crippen molar-refractivity contribution in [3.8, 4) is 0 Å². The van der Waals surface area contributed by atoms with Crippen molar-refractivity contribution in [2.45, 2.75) is 20.3 Å². The summed E-state index contributed by atoms with van der Waals surface area (Å²) in [5.74, 6) is -2.38.